The third-order valence-electron chi connectivity index (χ3n) is 2.27. The molecule has 0 aliphatic carbocycles. The van der Waals surface area contributed by atoms with E-state index < -0.39 is 9.84 Å². The highest BCUT2D eigenvalue weighted by Gasteiger charge is 2.15. The largest absolute Gasteiger partial charge is 0.285 e. The van der Waals surface area contributed by atoms with Crippen LogP contribution >= 0.6 is 11.6 Å². The number of alkyl halides is 1. The van der Waals surface area contributed by atoms with Crippen molar-refractivity contribution in [2.75, 3.05) is 23.9 Å². The van der Waals surface area contributed by atoms with Crippen molar-refractivity contribution in [3.8, 4) is 0 Å². The van der Waals surface area contributed by atoms with Gasteiger partial charge in [0.15, 0.2) is 9.84 Å². The van der Waals surface area contributed by atoms with Crippen molar-refractivity contribution in [2.24, 2.45) is 5.92 Å². The molecule has 1 aromatic rings. The van der Waals surface area contributed by atoms with Crippen molar-refractivity contribution in [3.05, 3.63) is 30.3 Å². The molecule has 1 atom stereocenters. The maximum atomic E-state index is 11.5. The Balaban J connectivity index is 2.38. The van der Waals surface area contributed by atoms with Crippen LogP contribution in [0.25, 0.3) is 0 Å². The fourth-order valence-corrected chi connectivity index (χ4v) is 3.56. The Morgan fingerprint density at radius 2 is 1.94 bits per heavy atom. The lowest BCUT2D eigenvalue weighted by Crippen LogP contribution is -2.22. The van der Waals surface area contributed by atoms with E-state index in [9.17, 15) is 8.42 Å². The maximum Gasteiger partial charge on any atom is 0.151 e. The van der Waals surface area contributed by atoms with Crippen LogP contribution in [0.15, 0.2) is 30.3 Å². The topological polar surface area (TPSA) is 48.2 Å². The van der Waals surface area contributed by atoms with Crippen LogP contribution in [0.1, 0.15) is 6.92 Å². The lowest BCUT2D eigenvalue weighted by Gasteiger charge is -2.11. The molecular weight excluding hydrogens is 258 g/mol. The van der Waals surface area contributed by atoms with Gasteiger partial charge in [-0.1, -0.05) is 25.1 Å². The zero-order valence-electron chi connectivity index (χ0n) is 9.84. The molecule has 0 aliphatic rings. The Morgan fingerprint density at radius 3 is 2.53 bits per heavy atom. The summed E-state index contributed by atoms with van der Waals surface area (Å²) in [6.07, 6.45) is 0. The van der Waals surface area contributed by atoms with Crippen LogP contribution in [0.4, 0.5) is 5.69 Å². The molecule has 3 nitrogen and oxygen atoms in total. The molecule has 95 valence electrons. The molecule has 1 rings (SSSR count). The number of sulfone groups is 1. The minimum Gasteiger partial charge on any atom is -0.285 e. The first-order valence-electron chi connectivity index (χ1n) is 5.52. The van der Waals surface area contributed by atoms with Crippen LogP contribution in [-0.2, 0) is 9.84 Å². The SMILES string of the molecule is CC(C[N]c1ccccc1)CS(=O)(=O)CCCl. The number of para-hydroxylation sites is 1. The third-order valence-corrected chi connectivity index (χ3v) is 4.58. The molecule has 0 N–H and O–H groups in total. The Bertz CT molecular complexity index is 419. The van der Waals surface area contributed by atoms with Crippen LogP contribution in [0.3, 0.4) is 0 Å². The Kier molecular flexibility index (Phi) is 5.78. The highest BCUT2D eigenvalue weighted by atomic mass is 35.5. The van der Waals surface area contributed by atoms with Crippen LogP contribution < -0.4 is 5.32 Å². The van der Waals surface area contributed by atoms with Crippen molar-refractivity contribution in [3.63, 3.8) is 0 Å². The third kappa shape index (κ3) is 5.94. The highest BCUT2D eigenvalue weighted by molar-refractivity contribution is 7.91. The lowest BCUT2D eigenvalue weighted by molar-refractivity contribution is 0.562. The van der Waals surface area contributed by atoms with Gasteiger partial charge in [0.25, 0.3) is 0 Å². The van der Waals surface area contributed by atoms with Crippen molar-refractivity contribution in [1.29, 1.82) is 0 Å². The molecule has 1 unspecified atom stereocenters. The van der Waals surface area contributed by atoms with Gasteiger partial charge in [-0.25, -0.2) is 8.42 Å². The number of rotatable bonds is 7. The van der Waals surface area contributed by atoms with Gasteiger partial charge >= 0.3 is 0 Å². The van der Waals surface area contributed by atoms with E-state index in [2.05, 4.69) is 5.32 Å². The molecule has 0 saturated heterocycles. The lowest BCUT2D eigenvalue weighted by atomic mass is 10.2. The molecule has 17 heavy (non-hydrogen) atoms. The Labute approximate surface area is 108 Å². The van der Waals surface area contributed by atoms with Gasteiger partial charge < -0.3 is 0 Å². The van der Waals surface area contributed by atoms with Gasteiger partial charge in [-0.05, 0) is 18.1 Å². The van der Waals surface area contributed by atoms with Crippen molar-refractivity contribution in [1.82, 2.24) is 5.32 Å². The van der Waals surface area contributed by atoms with Gasteiger partial charge in [-0.2, -0.15) is 0 Å². The molecule has 1 aromatic carbocycles. The van der Waals surface area contributed by atoms with Crippen LogP contribution in [-0.4, -0.2) is 32.3 Å². The van der Waals surface area contributed by atoms with E-state index in [1.54, 1.807) is 0 Å². The molecule has 0 bridgehead atoms. The zero-order valence-corrected chi connectivity index (χ0v) is 11.4. The van der Waals surface area contributed by atoms with Gasteiger partial charge in [0.2, 0.25) is 0 Å². The van der Waals surface area contributed by atoms with Crippen molar-refractivity contribution >= 4 is 27.1 Å². The summed E-state index contributed by atoms with van der Waals surface area (Å²) < 4.78 is 23.1. The van der Waals surface area contributed by atoms with Crippen LogP contribution in [0, 0.1) is 5.92 Å². The summed E-state index contributed by atoms with van der Waals surface area (Å²) in [5, 5.41) is 4.35. The van der Waals surface area contributed by atoms with Gasteiger partial charge in [-0.3, -0.25) is 5.32 Å². The van der Waals surface area contributed by atoms with E-state index in [4.69, 9.17) is 11.6 Å². The minimum atomic E-state index is -3.03. The van der Waals surface area contributed by atoms with Crippen LogP contribution in [0.2, 0.25) is 0 Å². The Hall–Kier alpha value is -0.740. The van der Waals surface area contributed by atoms with E-state index >= 15 is 0 Å². The standard InChI is InChI=1S/C12H17ClNO2S/c1-11(10-17(15,16)8-7-13)9-14-12-5-3-2-4-6-12/h2-6,11H,7-10H2,1H3. The van der Waals surface area contributed by atoms with Crippen molar-refractivity contribution in [2.45, 2.75) is 6.92 Å². The fraction of sp³-hybridized carbons (Fsp3) is 0.500. The van der Waals surface area contributed by atoms with E-state index in [1.807, 2.05) is 37.3 Å². The Morgan fingerprint density at radius 1 is 1.29 bits per heavy atom. The summed E-state index contributed by atoms with van der Waals surface area (Å²) in [4.78, 5) is 0. The molecule has 0 spiro atoms. The first kappa shape index (κ1) is 14.3. The average Bonchev–Trinajstić information content (AvgIpc) is 2.27. The number of nitrogens with zero attached hydrogens (tertiary/aromatic N) is 1. The molecule has 0 heterocycles. The second-order valence-electron chi connectivity index (χ2n) is 4.08. The smallest absolute Gasteiger partial charge is 0.151 e. The number of hydrogen-bond acceptors (Lipinski definition) is 2. The second-order valence-corrected chi connectivity index (χ2v) is 6.69. The molecule has 0 aromatic heterocycles. The monoisotopic (exact) mass is 274 g/mol. The fourth-order valence-electron chi connectivity index (χ4n) is 1.48. The predicted molar refractivity (Wildman–Crippen MR) is 71.6 cm³/mol. The first-order valence-corrected chi connectivity index (χ1v) is 7.88. The summed E-state index contributed by atoms with van der Waals surface area (Å²) in [6.45, 7) is 2.41. The van der Waals surface area contributed by atoms with E-state index in [0.717, 1.165) is 5.69 Å². The number of hydrogen-bond donors (Lipinski definition) is 0. The molecule has 0 saturated carbocycles. The summed E-state index contributed by atoms with van der Waals surface area (Å²) >= 11 is 5.44. The van der Waals surface area contributed by atoms with Gasteiger partial charge in [-0.15, -0.1) is 11.6 Å². The maximum absolute atomic E-state index is 11.5. The zero-order chi connectivity index (χ0) is 12.7. The summed E-state index contributed by atoms with van der Waals surface area (Å²) in [5.41, 5.74) is 0.883. The molecule has 5 heteroatoms. The number of benzene rings is 1. The van der Waals surface area contributed by atoms with Crippen molar-refractivity contribution < 1.29 is 8.42 Å². The number of halogens is 1. The van der Waals surface area contributed by atoms with Gasteiger partial charge in [0.1, 0.15) is 0 Å². The van der Waals surface area contributed by atoms with Gasteiger partial charge in [0, 0.05) is 12.4 Å². The normalized spacial score (nSPS) is 13.3. The summed E-state index contributed by atoms with van der Waals surface area (Å²) in [6, 6.07) is 9.55. The van der Waals surface area contributed by atoms with E-state index in [0.29, 0.717) is 6.54 Å². The van der Waals surface area contributed by atoms with E-state index in [1.165, 1.54) is 0 Å². The summed E-state index contributed by atoms with van der Waals surface area (Å²) in [7, 11) is -3.03. The summed E-state index contributed by atoms with van der Waals surface area (Å²) in [5.74, 6) is 0.369. The predicted octanol–water partition coefficient (Wildman–Crippen LogP) is 2.21. The molecule has 1 radical (unpaired) electrons. The molecule has 0 aliphatic heterocycles. The average molecular weight is 275 g/mol. The first-order chi connectivity index (χ1) is 8.03. The quantitative estimate of drug-likeness (QED) is 0.716. The highest BCUT2D eigenvalue weighted by Crippen LogP contribution is 2.08. The second kappa shape index (κ2) is 6.87. The van der Waals surface area contributed by atoms with Crippen LogP contribution in [0.5, 0.6) is 0 Å². The van der Waals surface area contributed by atoms with E-state index in [-0.39, 0.29) is 23.3 Å². The van der Waals surface area contributed by atoms with Gasteiger partial charge in [0.05, 0.1) is 17.2 Å². The molecular formula is C12H17ClNO2S. The minimum absolute atomic E-state index is 0.0171. The molecule has 0 amide bonds. The molecule has 0 fully saturated rings.